The third kappa shape index (κ3) is 4.99. The van der Waals surface area contributed by atoms with E-state index in [2.05, 4.69) is 15.4 Å². The quantitative estimate of drug-likeness (QED) is 0.241. The van der Waals surface area contributed by atoms with Gasteiger partial charge in [-0.05, 0) is 68.9 Å². The molecular formula is C31H30F3N5O5S. The lowest BCUT2D eigenvalue weighted by atomic mass is 9.81. The van der Waals surface area contributed by atoms with E-state index in [0.717, 1.165) is 24.3 Å². The maximum absolute atomic E-state index is 13.5. The van der Waals surface area contributed by atoms with Crippen molar-refractivity contribution in [1.29, 1.82) is 0 Å². The van der Waals surface area contributed by atoms with E-state index in [0.29, 0.717) is 52.6 Å². The van der Waals surface area contributed by atoms with Crippen molar-refractivity contribution in [1.82, 2.24) is 20.1 Å². The third-order valence-corrected chi connectivity index (χ3v) is 10.1. The predicted octanol–water partition coefficient (Wildman–Crippen LogP) is 4.69. The summed E-state index contributed by atoms with van der Waals surface area (Å²) in [6.45, 7) is 1.21. The highest BCUT2D eigenvalue weighted by molar-refractivity contribution is 7.15. The second-order valence-electron chi connectivity index (χ2n) is 12.2. The minimum absolute atomic E-state index is 0.0706. The molecule has 14 heteroatoms. The summed E-state index contributed by atoms with van der Waals surface area (Å²) >= 11 is 0.484. The Balaban J connectivity index is 1.25. The van der Waals surface area contributed by atoms with Gasteiger partial charge in [-0.2, -0.15) is 18.3 Å². The lowest BCUT2D eigenvalue weighted by Gasteiger charge is -2.30. The molecule has 4 aromatic rings. The zero-order valence-corrected chi connectivity index (χ0v) is 25.2. The molecule has 7 rings (SSSR count). The third-order valence-electron chi connectivity index (χ3n) is 8.94. The number of alkyl halides is 3. The topological polar surface area (TPSA) is 142 Å². The number of aliphatic hydroxyl groups is 1. The molecule has 3 aliphatic rings. The number of nitrogens with one attached hydrogen (secondary N) is 1. The number of aromatic nitrogens is 3. The van der Waals surface area contributed by atoms with Gasteiger partial charge in [0.25, 0.3) is 5.91 Å². The van der Waals surface area contributed by atoms with Gasteiger partial charge in [-0.3, -0.25) is 14.3 Å². The Labute approximate surface area is 259 Å². The summed E-state index contributed by atoms with van der Waals surface area (Å²) in [5.74, 6) is -0.858. The number of thiophene rings is 1. The number of rotatable bonds is 9. The Hall–Kier alpha value is -4.17. The van der Waals surface area contributed by atoms with Crippen molar-refractivity contribution in [3.63, 3.8) is 0 Å². The molecular weight excluding hydrogens is 611 g/mol. The maximum atomic E-state index is 13.5. The van der Waals surface area contributed by atoms with E-state index in [-0.39, 0.29) is 41.1 Å². The maximum Gasteiger partial charge on any atom is 0.425 e. The number of halogens is 3. The molecule has 0 saturated heterocycles. The highest BCUT2D eigenvalue weighted by Gasteiger charge is 2.50. The number of hydrogen-bond donors (Lipinski definition) is 3. The molecule has 10 nitrogen and oxygen atoms in total. The van der Waals surface area contributed by atoms with Crippen LogP contribution in [0.4, 0.5) is 13.2 Å². The molecule has 0 spiro atoms. The van der Waals surface area contributed by atoms with Crippen LogP contribution in [-0.2, 0) is 22.0 Å². The van der Waals surface area contributed by atoms with Crippen molar-refractivity contribution < 1.29 is 37.3 Å². The first-order valence-corrected chi connectivity index (χ1v) is 15.4. The number of carbonyl (C=O) groups excluding carboxylic acids is 2. The van der Waals surface area contributed by atoms with Gasteiger partial charge in [-0.25, -0.2) is 4.98 Å². The van der Waals surface area contributed by atoms with Gasteiger partial charge in [0.15, 0.2) is 5.75 Å². The second kappa shape index (κ2) is 10.2. The average molecular weight is 642 g/mol. The van der Waals surface area contributed by atoms with Gasteiger partial charge in [-0.1, -0.05) is 0 Å². The Kier molecular flexibility index (Phi) is 6.68. The molecule has 4 N–H and O–H groups in total. The number of benzene rings is 1. The number of pyridine rings is 1. The van der Waals surface area contributed by atoms with Crippen LogP contribution in [0.2, 0.25) is 0 Å². The van der Waals surface area contributed by atoms with Crippen molar-refractivity contribution in [2.75, 3.05) is 20.3 Å². The summed E-state index contributed by atoms with van der Waals surface area (Å²) in [5.41, 5.74) is 4.20. The predicted molar refractivity (Wildman–Crippen MR) is 158 cm³/mol. The molecule has 3 aromatic heterocycles. The zero-order chi connectivity index (χ0) is 31.9. The fourth-order valence-electron chi connectivity index (χ4n) is 5.85. The van der Waals surface area contributed by atoms with Gasteiger partial charge in [0.2, 0.25) is 5.91 Å². The van der Waals surface area contributed by atoms with Crippen molar-refractivity contribution in [3.8, 4) is 22.1 Å². The van der Waals surface area contributed by atoms with E-state index in [1.54, 1.807) is 19.1 Å². The molecule has 4 heterocycles. The Morgan fingerprint density at radius 1 is 1.22 bits per heavy atom. The normalized spacial score (nSPS) is 20.8. The van der Waals surface area contributed by atoms with Gasteiger partial charge in [-0.15, -0.1) is 11.3 Å². The highest BCUT2D eigenvalue weighted by atomic mass is 32.1. The first kappa shape index (κ1) is 29.5. The van der Waals surface area contributed by atoms with E-state index >= 15 is 0 Å². The van der Waals surface area contributed by atoms with E-state index in [1.807, 2.05) is 10.9 Å². The van der Waals surface area contributed by atoms with E-state index < -0.39 is 33.9 Å². The molecule has 2 saturated carbocycles. The summed E-state index contributed by atoms with van der Waals surface area (Å²) in [4.78, 5) is 30.0. The van der Waals surface area contributed by atoms with Gasteiger partial charge in [0.1, 0.15) is 39.5 Å². The van der Waals surface area contributed by atoms with Crippen LogP contribution < -0.4 is 20.5 Å². The molecule has 0 unspecified atom stereocenters. The van der Waals surface area contributed by atoms with Crippen LogP contribution in [0.1, 0.15) is 65.1 Å². The van der Waals surface area contributed by atoms with Crippen molar-refractivity contribution in [3.05, 3.63) is 58.2 Å². The van der Waals surface area contributed by atoms with Crippen LogP contribution in [0.3, 0.4) is 0 Å². The molecule has 1 aromatic carbocycles. The number of hydrogen-bond acceptors (Lipinski definition) is 8. The number of nitrogens with zero attached hydrogens (tertiary/aromatic N) is 3. The van der Waals surface area contributed by atoms with Crippen LogP contribution in [-0.4, -0.2) is 51.9 Å². The molecule has 1 aliphatic heterocycles. The Morgan fingerprint density at radius 3 is 2.60 bits per heavy atom. The first-order valence-electron chi connectivity index (χ1n) is 14.6. The molecule has 2 amide bonds. The molecule has 0 bridgehead atoms. The number of ether oxygens (including phenoxy) is 2. The SMILES string of the molecule is COc1cc(C(=O)NC[C@](O)(c2cc3c(c(-c4ccc(C(F)(F)F)s4)n2)OC[C@]3(C)C(N)=O)C2CC2)cc2cn(C3CC3)nc12. The lowest BCUT2D eigenvalue weighted by molar-refractivity contribution is -0.134. The molecule has 236 valence electrons. The summed E-state index contributed by atoms with van der Waals surface area (Å²) in [5, 5.41) is 20.3. The number of fused-ring (bicyclic) bond motifs is 2. The van der Waals surface area contributed by atoms with E-state index in [1.165, 1.54) is 19.2 Å². The van der Waals surface area contributed by atoms with Gasteiger partial charge in [0, 0.05) is 22.7 Å². The first-order chi connectivity index (χ1) is 21.3. The second-order valence-corrected chi connectivity index (χ2v) is 13.3. The smallest absolute Gasteiger partial charge is 0.425 e. The van der Waals surface area contributed by atoms with Crippen molar-refractivity contribution >= 4 is 34.1 Å². The number of carbonyl (C=O) groups is 2. The van der Waals surface area contributed by atoms with Crippen LogP contribution in [0.15, 0.2) is 36.5 Å². The molecule has 45 heavy (non-hydrogen) atoms. The summed E-state index contributed by atoms with van der Waals surface area (Å²) in [6.07, 6.45) is 0.691. The van der Waals surface area contributed by atoms with Crippen LogP contribution in [0.25, 0.3) is 21.5 Å². The monoisotopic (exact) mass is 641 g/mol. The van der Waals surface area contributed by atoms with Crippen LogP contribution in [0, 0.1) is 5.92 Å². The van der Waals surface area contributed by atoms with Crippen molar-refractivity contribution in [2.24, 2.45) is 11.7 Å². The lowest BCUT2D eigenvalue weighted by Crippen LogP contribution is -2.44. The minimum atomic E-state index is -4.56. The fraction of sp³-hybridized carbons (Fsp3) is 0.419. The van der Waals surface area contributed by atoms with Gasteiger partial charge < -0.3 is 25.6 Å². The Morgan fingerprint density at radius 2 is 1.98 bits per heavy atom. The number of nitrogens with two attached hydrogens (primary N) is 1. The van der Waals surface area contributed by atoms with Crippen LogP contribution >= 0.6 is 11.3 Å². The number of methoxy groups -OCH3 is 1. The summed E-state index contributed by atoms with van der Waals surface area (Å²) < 4.78 is 53.7. The van der Waals surface area contributed by atoms with Gasteiger partial charge in [0.05, 0.1) is 30.3 Å². The average Bonchev–Trinajstić information content (AvgIpc) is 3.92. The number of amides is 2. The number of primary amides is 1. The Bertz CT molecular complexity index is 1860. The minimum Gasteiger partial charge on any atom is -0.494 e. The van der Waals surface area contributed by atoms with E-state index in [9.17, 15) is 27.9 Å². The zero-order valence-electron chi connectivity index (χ0n) is 24.4. The largest absolute Gasteiger partial charge is 0.494 e. The summed E-state index contributed by atoms with van der Waals surface area (Å²) in [7, 11) is 1.50. The molecule has 2 atom stereocenters. The van der Waals surface area contributed by atoms with Gasteiger partial charge >= 0.3 is 6.18 Å². The molecule has 2 fully saturated rings. The molecule has 2 aliphatic carbocycles. The van der Waals surface area contributed by atoms with Crippen LogP contribution in [0.5, 0.6) is 11.5 Å². The fourth-order valence-corrected chi connectivity index (χ4v) is 6.71. The van der Waals surface area contributed by atoms with E-state index in [4.69, 9.17) is 15.2 Å². The standard InChI is InChI=1S/C31H30F3N5O5S/c1-29(28(35)41)14-44-26-19(29)11-22(37-25(26)21-7-8-23(45-21)31(32,33)34)30(42,17-3-4-17)13-36-27(40)15-9-16-12-39(18-5-6-18)38-24(16)20(10-15)43-2/h7-12,17-18,42H,3-6,13-14H2,1-2H3,(H2,35,41)(H,36,40)/t29-,30+/m0/s1. The summed E-state index contributed by atoms with van der Waals surface area (Å²) in [6, 6.07) is 7.42. The molecule has 0 radical (unpaired) electrons. The highest BCUT2D eigenvalue weighted by Crippen LogP contribution is 2.51. The van der Waals surface area contributed by atoms with Crippen molar-refractivity contribution in [2.45, 2.75) is 55.8 Å².